The molecule has 7 heteroatoms. The van der Waals surface area contributed by atoms with Gasteiger partial charge in [0, 0.05) is 30.6 Å². The van der Waals surface area contributed by atoms with Gasteiger partial charge in [0.15, 0.2) is 0 Å². The number of hydrogen-bond acceptors (Lipinski definition) is 4. The van der Waals surface area contributed by atoms with E-state index in [2.05, 4.69) is 15.1 Å². The molecule has 0 saturated heterocycles. The summed E-state index contributed by atoms with van der Waals surface area (Å²) in [4.78, 5) is 18.9. The molecule has 130 valence electrons. The van der Waals surface area contributed by atoms with E-state index in [9.17, 15) is 9.90 Å². The molecule has 26 heavy (non-hydrogen) atoms. The van der Waals surface area contributed by atoms with Crippen LogP contribution in [-0.4, -0.2) is 30.8 Å². The minimum atomic E-state index is -0.978. The van der Waals surface area contributed by atoms with Gasteiger partial charge in [-0.3, -0.25) is 4.68 Å². The number of carbonyl (C=O) groups is 1. The number of nitrogens with one attached hydrogen (secondary N) is 1. The van der Waals surface area contributed by atoms with Gasteiger partial charge in [0.1, 0.15) is 17.1 Å². The van der Waals surface area contributed by atoms with Crippen molar-refractivity contribution in [1.29, 1.82) is 0 Å². The number of pyridine rings is 1. The fourth-order valence-electron chi connectivity index (χ4n) is 2.88. The van der Waals surface area contributed by atoms with Crippen LogP contribution < -0.4 is 4.74 Å². The zero-order valence-corrected chi connectivity index (χ0v) is 14.2. The molecule has 0 aliphatic rings. The SMILES string of the molecule is Cc1c(Oc2ccnc3[nH]c(-c4cnn(C)c4)cc23)cccc1C(=O)O. The number of ether oxygens (including phenoxy) is 1. The highest BCUT2D eigenvalue weighted by atomic mass is 16.5. The molecule has 0 saturated carbocycles. The molecule has 0 spiro atoms. The Morgan fingerprint density at radius 2 is 2.12 bits per heavy atom. The van der Waals surface area contributed by atoms with Crippen molar-refractivity contribution >= 4 is 17.0 Å². The Morgan fingerprint density at radius 3 is 2.85 bits per heavy atom. The Morgan fingerprint density at radius 1 is 1.27 bits per heavy atom. The normalized spacial score (nSPS) is 11.0. The molecule has 3 aromatic heterocycles. The predicted octanol–water partition coefficient (Wildman–Crippen LogP) is 3.76. The second-order valence-corrected chi connectivity index (χ2v) is 5.99. The average Bonchev–Trinajstić information content (AvgIpc) is 3.23. The van der Waals surface area contributed by atoms with Crippen molar-refractivity contribution in [1.82, 2.24) is 19.7 Å². The van der Waals surface area contributed by atoms with Crippen LogP contribution in [0.1, 0.15) is 15.9 Å². The highest BCUT2D eigenvalue weighted by Gasteiger charge is 2.14. The second-order valence-electron chi connectivity index (χ2n) is 5.99. The maximum Gasteiger partial charge on any atom is 0.336 e. The summed E-state index contributed by atoms with van der Waals surface area (Å²) in [5.74, 6) is 0.127. The Hall–Kier alpha value is -3.61. The molecule has 3 heterocycles. The zero-order chi connectivity index (χ0) is 18.3. The summed E-state index contributed by atoms with van der Waals surface area (Å²) in [5, 5.41) is 14.3. The summed E-state index contributed by atoms with van der Waals surface area (Å²) in [7, 11) is 1.86. The van der Waals surface area contributed by atoms with Crippen molar-refractivity contribution in [3.8, 4) is 22.8 Å². The summed E-state index contributed by atoms with van der Waals surface area (Å²) in [5.41, 5.74) is 3.31. The molecule has 2 N–H and O–H groups in total. The summed E-state index contributed by atoms with van der Waals surface area (Å²) in [6.07, 6.45) is 5.33. The number of aryl methyl sites for hydroxylation is 1. The monoisotopic (exact) mass is 348 g/mol. The Balaban J connectivity index is 1.77. The highest BCUT2D eigenvalue weighted by Crippen LogP contribution is 2.34. The molecule has 0 unspecified atom stereocenters. The van der Waals surface area contributed by atoms with E-state index in [1.807, 2.05) is 19.3 Å². The van der Waals surface area contributed by atoms with Crippen LogP contribution in [0.15, 0.2) is 48.9 Å². The van der Waals surface area contributed by atoms with Crippen LogP contribution in [-0.2, 0) is 7.05 Å². The van der Waals surface area contributed by atoms with Crippen LogP contribution in [0.25, 0.3) is 22.3 Å². The van der Waals surface area contributed by atoms with Gasteiger partial charge in [0.2, 0.25) is 0 Å². The molecular weight excluding hydrogens is 332 g/mol. The van der Waals surface area contributed by atoms with E-state index in [4.69, 9.17) is 4.74 Å². The Kier molecular flexibility index (Phi) is 3.69. The minimum Gasteiger partial charge on any atom is -0.478 e. The third-order valence-corrected chi connectivity index (χ3v) is 4.24. The third-order valence-electron chi connectivity index (χ3n) is 4.24. The van der Waals surface area contributed by atoms with Gasteiger partial charge in [0.25, 0.3) is 0 Å². The van der Waals surface area contributed by atoms with Gasteiger partial charge in [0.05, 0.1) is 22.8 Å². The lowest BCUT2D eigenvalue weighted by Crippen LogP contribution is -2.01. The number of carboxylic acids is 1. The van der Waals surface area contributed by atoms with Gasteiger partial charge in [-0.2, -0.15) is 5.10 Å². The maximum atomic E-state index is 11.3. The Labute approximate surface area is 148 Å². The zero-order valence-electron chi connectivity index (χ0n) is 14.2. The van der Waals surface area contributed by atoms with Gasteiger partial charge >= 0.3 is 5.97 Å². The van der Waals surface area contributed by atoms with E-state index in [0.29, 0.717) is 22.7 Å². The van der Waals surface area contributed by atoms with Crippen molar-refractivity contribution in [3.63, 3.8) is 0 Å². The van der Waals surface area contributed by atoms with Crippen LogP contribution in [0.4, 0.5) is 0 Å². The second kappa shape index (κ2) is 6.03. The summed E-state index contributed by atoms with van der Waals surface area (Å²) >= 11 is 0. The smallest absolute Gasteiger partial charge is 0.336 e. The van der Waals surface area contributed by atoms with Crippen LogP contribution in [0.2, 0.25) is 0 Å². The molecule has 0 atom stereocenters. The van der Waals surface area contributed by atoms with Gasteiger partial charge in [-0.15, -0.1) is 0 Å². The molecule has 0 aliphatic carbocycles. The summed E-state index contributed by atoms with van der Waals surface area (Å²) in [6.45, 7) is 1.73. The first-order chi connectivity index (χ1) is 12.5. The van der Waals surface area contributed by atoms with Crippen molar-refractivity contribution in [2.75, 3.05) is 0 Å². The van der Waals surface area contributed by atoms with Crippen LogP contribution in [0.5, 0.6) is 11.5 Å². The number of rotatable bonds is 4. The predicted molar refractivity (Wildman–Crippen MR) is 96.5 cm³/mol. The fraction of sp³-hybridized carbons (Fsp3) is 0.105. The van der Waals surface area contributed by atoms with Gasteiger partial charge < -0.3 is 14.8 Å². The molecule has 4 aromatic rings. The number of aromatic amines is 1. The number of fused-ring (bicyclic) bond motifs is 1. The number of aromatic nitrogens is 4. The van der Waals surface area contributed by atoms with Crippen molar-refractivity contribution in [2.24, 2.45) is 7.05 Å². The molecule has 4 rings (SSSR count). The molecule has 0 aliphatic heterocycles. The van der Waals surface area contributed by atoms with E-state index >= 15 is 0 Å². The van der Waals surface area contributed by atoms with Crippen molar-refractivity contribution < 1.29 is 14.6 Å². The standard InChI is InChI=1S/C19H16N4O3/c1-11-13(19(24)25)4-3-5-16(11)26-17-6-7-20-18-14(17)8-15(22-18)12-9-21-23(2)10-12/h3-10H,1-2H3,(H,20,22)(H,24,25). The van der Waals surface area contributed by atoms with Crippen LogP contribution in [0.3, 0.4) is 0 Å². The lowest BCUT2D eigenvalue weighted by atomic mass is 10.1. The average molecular weight is 348 g/mol. The van der Waals surface area contributed by atoms with Crippen LogP contribution in [0, 0.1) is 6.92 Å². The van der Waals surface area contributed by atoms with E-state index in [1.165, 1.54) is 0 Å². The highest BCUT2D eigenvalue weighted by molar-refractivity contribution is 5.91. The quantitative estimate of drug-likeness (QED) is 0.586. The molecule has 1 aromatic carbocycles. The van der Waals surface area contributed by atoms with E-state index in [1.54, 1.807) is 48.3 Å². The molecule has 0 bridgehead atoms. The molecular formula is C19H16N4O3. The van der Waals surface area contributed by atoms with E-state index in [-0.39, 0.29) is 5.56 Å². The first kappa shape index (κ1) is 15.9. The van der Waals surface area contributed by atoms with Crippen LogP contribution >= 0.6 is 0 Å². The van der Waals surface area contributed by atoms with E-state index < -0.39 is 5.97 Å². The lowest BCUT2D eigenvalue weighted by Gasteiger charge is -2.11. The van der Waals surface area contributed by atoms with Gasteiger partial charge in [-0.05, 0) is 31.2 Å². The number of carboxylic acid groups (broad SMARTS) is 1. The largest absolute Gasteiger partial charge is 0.478 e. The third kappa shape index (κ3) is 2.69. The molecule has 7 nitrogen and oxygen atoms in total. The van der Waals surface area contributed by atoms with Gasteiger partial charge in [-0.1, -0.05) is 6.07 Å². The minimum absolute atomic E-state index is 0.220. The lowest BCUT2D eigenvalue weighted by molar-refractivity contribution is 0.0695. The summed E-state index contributed by atoms with van der Waals surface area (Å²) < 4.78 is 7.75. The van der Waals surface area contributed by atoms with E-state index in [0.717, 1.165) is 16.6 Å². The number of benzene rings is 1. The first-order valence-electron chi connectivity index (χ1n) is 8.00. The number of nitrogens with zero attached hydrogens (tertiary/aromatic N) is 3. The number of aromatic carboxylic acids is 1. The van der Waals surface area contributed by atoms with Crippen molar-refractivity contribution in [3.05, 3.63) is 60.0 Å². The number of H-pyrrole nitrogens is 1. The van der Waals surface area contributed by atoms with Gasteiger partial charge in [-0.25, -0.2) is 9.78 Å². The molecule has 0 radical (unpaired) electrons. The Bertz CT molecular complexity index is 1130. The number of hydrogen-bond donors (Lipinski definition) is 2. The first-order valence-corrected chi connectivity index (χ1v) is 8.00. The fourth-order valence-corrected chi connectivity index (χ4v) is 2.88. The summed E-state index contributed by atoms with van der Waals surface area (Å²) in [6, 6.07) is 8.69. The maximum absolute atomic E-state index is 11.3. The topological polar surface area (TPSA) is 93.0 Å². The molecule has 0 fully saturated rings. The van der Waals surface area contributed by atoms with Crippen molar-refractivity contribution in [2.45, 2.75) is 6.92 Å². The molecule has 0 amide bonds.